The van der Waals surface area contributed by atoms with Crippen LogP contribution in [0.15, 0.2) is 79.0 Å². The van der Waals surface area contributed by atoms with E-state index in [1.807, 2.05) is 77.6 Å². The van der Waals surface area contributed by atoms with Gasteiger partial charge in [-0.2, -0.15) is 10.4 Å². The largest absolute Gasteiger partial charge is 0.337 e. The number of H-pyrrole nitrogens is 1. The van der Waals surface area contributed by atoms with E-state index < -0.39 is 0 Å². The summed E-state index contributed by atoms with van der Waals surface area (Å²) in [5.41, 5.74) is 5.54. The zero-order valence-electron chi connectivity index (χ0n) is 17.3. The highest BCUT2D eigenvalue weighted by molar-refractivity contribution is 6.35. The SMILES string of the molecule is N#CC(=Cc1cn(Cc2ccc(Cl)cc2Cl)nc1-c1ccccc1)c1nc2ccccc2[nH]1. The number of imidazole rings is 1. The molecule has 0 fully saturated rings. The van der Waals surface area contributed by atoms with E-state index in [0.29, 0.717) is 28.0 Å². The molecule has 0 aliphatic carbocycles. The van der Waals surface area contributed by atoms with Gasteiger partial charge in [0, 0.05) is 27.4 Å². The predicted octanol–water partition coefficient (Wildman–Crippen LogP) is 6.85. The Morgan fingerprint density at radius 2 is 1.82 bits per heavy atom. The van der Waals surface area contributed by atoms with E-state index >= 15 is 0 Å². The Hall–Kier alpha value is -3.85. The molecule has 0 radical (unpaired) electrons. The van der Waals surface area contributed by atoms with Gasteiger partial charge in [0.05, 0.1) is 28.8 Å². The Morgan fingerprint density at radius 3 is 2.58 bits per heavy atom. The van der Waals surface area contributed by atoms with E-state index in [9.17, 15) is 5.26 Å². The van der Waals surface area contributed by atoms with Crippen LogP contribution in [0.2, 0.25) is 10.0 Å². The number of allylic oxidation sites excluding steroid dienone is 1. The third-order valence-electron chi connectivity index (χ3n) is 5.25. The van der Waals surface area contributed by atoms with Crippen molar-refractivity contribution < 1.29 is 0 Å². The minimum Gasteiger partial charge on any atom is -0.337 e. The number of nitrogens with one attached hydrogen (secondary N) is 1. The molecule has 5 nitrogen and oxygen atoms in total. The number of hydrogen-bond acceptors (Lipinski definition) is 3. The molecular formula is C26H17Cl2N5. The molecule has 5 aromatic rings. The van der Waals surface area contributed by atoms with Gasteiger partial charge in [-0.3, -0.25) is 4.68 Å². The molecule has 2 aromatic heterocycles. The van der Waals surface area contributed by atoms with Crippen molar-refractivity contribution >= 4 is 45.9 Å². The number of para-hydroxylation sites is 2. The van der Waals surface area contributed by atoms with E-state index in [1.165, 1.54) is 0 Å². The maximum absolute atomic E-state index is 9.90. The van der Waals surface area contributed by atoms with Crippen LogP contribution in [0.5, 0.6) is 0 Å². The quantitative estimate of drug-likeness (QED) is 0.286. The Morgan fingerprint density at radius 1 is 1.03 bits per heavy atom. The molecule has 3 aromatic carbocycles. The predicted molar refractivity (Wildman–Crippen MR) is 133 cm³/mol. The first kappa shape index (κ1) is 21.0. The zero-order chi connectivity index (χ0) is 22.8. The van der Waals surface area contributed by atoms with Crippen molar-refractivity contribution in [3.8, 4) is 17.3 Å². The van der Waals surface area contributed by atoms with Gasteiger partial charge in [0.1, 0.15) is 11.9 Å². The molecule has 0 aliphatic heterocycles. The monoisotopic (exact) mass is 469 g/mol. The first-order valence-electron chi connectivity index (χ1n) is 10.2. The van der Waals surface area contributed by atoms with Gasteiger partial charge in [-0.15, -0.1) is 0 Å². The zero-order valence-corrected chi connectivity index (χ0v) is 18.8. The maximum atomic E-state index is 9.90. The Labute approximate surface area is 200 Å². The van der Waals surface area contributed by atoms with Crippen LogP contribution in [0.25, 0.3) is 33.9 Å². The van der Waals surface area contributed by atoms with Gasteiger partial charge in [0.25, 0.3) is 0 Å². The highest BCUT2D eigenvalue weighted by Gasteiger charge is 2.14. The molecule has 33 heavy (non-hydrogen) atoms. The van der Waals surface area contributed by atoms with Crippen molar-refractivity contribution in [2.24, 2.45) is 0 Å². The smallest absolute Gasteiger partial charge is 0.149 e. The lowest BCUT2D eigenvalue weighted by atomic mass is 10.1. The van der Waals surface area contributed by atoms with Gasteiger partial charge >= 0.3 is 0 Å². The highest BCUT2D eigenvalue weighted by Crippen LogP contribution is 2.28. The molecule has 5 rings (SSSR count). The Balaban J connectivity index is 1.59. The molecule has 0 saturated heterocycles. The number of nitriles is 1. The molecule has 0 bridgehead atoms. The van der Waals surface area contributed by atoms with E-state index in [2.05, 4.69) is 16.0 Å². The van der Waals surface area contributed by atoms with Gasteiger partial charge in [-0.05, 0) is 35.9 Å². The fraction of sp³-hybridized carbons (Fsp3) is 0.0385. The second kappa shape index (κ2) is 8.95. The third kappa shape index (κ3) is 4.40. The molecule has 0 aliphatic rings. The summed E-state index contributed by atoms with van der Waals surface area (Å²) in [6.07, 6.45) is 3.72. The van der Waals surface area contributed by atoms with Crippen LogP contribution in [0, 0.1) is 11.3 Å². The molecule has 2 heterocycles. The van der Waals surface area contributed by atoms with Gasteiger partial charge in [0.15, 0.2) is 0 Å². The molecule has 7 heteroatoms. The summed E-state index contributed by atoms with van der Waals surface area (Å²) in [4.78, 5) is 7.80. The summed E-state index contributed by atoms with van der Waals surface area (Å²) >= 11 is 12.4. The van der Waals surface area contributed by atoms with E-state index in [4.69, 9.17) is 28.3 Å². The van der Waals surface area contributed by atoms with Gasteiger partial charge in [-0.1, -0.05) is 71.7 Å². The molecular weight excluding hydrogens is 453 g/mol. The number of halogens is 2. The summed E-state index contributed by atoms with van der Waals surface area (Å²) < 4.78 is 1.82. The van der Waals surface area contributed by atoms with Crippen LogP contribution < -0.4 is 0 Å². The van der Waals surface area contributed by atoms with Crippen LogP contribution in [-0.2, 0) is 6.54 Å². The third-order valence-corrected chi connectivity index (χ3v) is 5.84. The molecule has 0 spiro atoms. The number of fused-ring (bicyclic) bond motifs is 1. The lowest BCUT2D eigenvalue weighted by Gasteiger charge is -2.05. The minimum absolute atomic E-state index is 0.424. The van der Waals surface area contributed by atoms with E-state index in [-0.39, 0.29) is 0 Å². The van der Waals surface area contributed by atoms with Gasteiger partial charge in [-0.25, -0.2) is 4.98 Å². The standard InChI is InChI=1S/C26H17Cl2N5/c27-21-11-10-18(22(28)13-21)15-33-16-20(25(32-33)17-6-2-1-3-7-17)12-19(14-29)26-30-23-8-4-5-9-24(23)31-26/h1-13,16H,15H2,(H,30,31). The van der Waals surface area contributed by atoms with Crippen LogP contribution in [0.4, 0.5) is 0 Å². The maximum Gasteiger partial charge on any atom is 0.149 e. The fourth-order valence-corrected chi connectivity index (χ4v) is 4.13. The van der Waals surface area contributed by atoms with Crippen molar-refractivity contribution in [2.45, 2.75) is 6.54 Å². The Kier molecular flexibility index (Phi) is 5.70. The van der Waals surface area contributed by atoms with Crippen molar-refractivity contribution in [3.63, 3.8) is 0 Å². The number of benzene rings is 3. The van der Waals surface area contributed by atoms with Crippen molar-refractivity contribution in [3.05, 3.63) is 106 Å². The fourth-order valence-electron chi connectivity index (χ4n) is 3.66. The molecule has 0 amide bonds. The second-order valence-electron chi connectivity index (χ2n) is 7.50. The minimum atomic E-state index is 0.424. The molecule has 0 atom stereocenters. The summed E-state index contributed by atoms with van der Waals surface area (Å²) in [6.45, 7) is 0.468. The Bertz CT molecular complexity index is 1490. The number of aromatic nitrogens is 4. The van der Waals surface area contributed by atoms with Crippen molar-refractivity contribution in [1.29, 1.82) is 5.26 Å². The second-order valence-corrected chi connectivity index (χ2v) is 8.35. The summed E-state index contributed by atoms with van der Waals surface area (Å²) in [5, 5.41) is 15.9. The number of aromatic amines is 1. The average molecular weight is 470 g/mol. The van der Waals surface area contributed by atoms with Crippen LogP contribution in [0.1, 0.15) is 17.0 Å². The van der Waals surface area contributed by atoms with Crippen LogP contribution >= 0.6 is 23.2 Å². The van der Waals surface area contributed by atoms with E-state index in [1.54, 1.807) is 12.1 Å². The molecule has 160 valence electrons. The van der Waals surface area contributed by atoms with Crippen LogP contribution in [0.3, 0.4) is 0 Å². The molecule has 0 unspecified atom stereocenters. The van der Waals surface area contributed by atoms with E-state index in [0.717, 1.165) is 33.4 Å². The van der Waals surface area contributed by atoms with Crippen molar-refractivity contribution in [1.82, 2.24) is 19.7 Å². The van der Waals surface area contributed by atoms with Gasteiger partial charge in [0.2, 0.25) is 0 Å². The molecule has 1 N–H and O–H groups in total. The lowest BCUT2D eigenvalue weighted by Crippen LogP contribution is -2.01. The first-order valence-corrected chi connectivity index (χ1v) is 11.0. The number of nitrogens with zero attached hydrogens (tertiary/aromatic N) is 4. The normalized spacial score (nSPS) is 11.6. The van der Waals surface area contributed by atoms with Gasteiger partial charge < -0.3 is 4.98 Å². The highest BCUT2D eigenvalue weighted by atomic mass is 35.5. The summed E-state index contributed by atoms with van der Waals surface area (Å²) in [7, 11) is 0. The summed E-state index contributed by atoms with van der Waals surface area (Å²) in [5.74, 6) is 0.520. The van der Waals surface area contributed by atoms with Crippen molar-refractivity contribution in [2.75, 3.05) is 0 Å². The summed E-state index contributed by atoms with van der Waals surface area (Å²) in [6, 6.07) is 25.2. The average Bonchev–Trinajstić information content (AvgIpc) is 3.44. The van der Waals surface area contributed by atoms with Crippen LogP contribution in [-0.4, -0.2) is 19.7 Å². The number of rotatable bonds is 5. The lowest BCUT2D eigenvalue weighted by molar-refractivity contribution is 0.689. The first-order chi connectivity index (χ1) is 16.1. The molecule has 0 saturated carbocycles. The topological polar surface area (TPSA) is 70.3 Å². The number of hydrogen-bond donors (Lipinski definition) is 1.